The van der Waals surface area contributed by atoms with E-state index in [-0.39, 0.29) is 11.1 Å². The van der Waals surface area contributed by atoms with Gasteiger partial charge in [-0.3, -0.25) is 0 Å². The second-order valence-electron chi connectivity index (χ2n) is 12.0. The molecular weight excluding hydrogens is 538 g/mol. The van der Waals surface area contributed by atoms with Crippen LogP contribution in [0.3, 0.4) is 0 Å². The molecule has 8 heteroatoms. The van der Waals surface area contributed by atoms with Crippen molar-refractivity contribution in [3.63, 3.8) is 0 Å². The molecule has 0 radical (unpaired) electrons. The van der Waals surface area contributed by atoms with Crippen LogP contribution in [-0.2, 0) is 18.9 Å². The van der Waals surface area contributed by atoms with Crippen molar-refractivity contribution in [1.82, 2.24) is 0 Å². The summed E-state index contributed by atoms with van der Waals surface area (Å²) < 4.78 is 41.1. The van der Waals surface area contributed by atoms with Crippen LogP contribution >= 0.6 is 0 Å². The van der Waals surface area contributed by atoms with Gasteiger partial charge in [0.25, 0.3) is 0 Å². The molecule has 2 aliphatic carbocycles. The summed E-state index contributed by atoms with van der Waals surface area (Å²) in [6.45, 7) is 0. The molecule has 0 amide bonds. The molecule has 3 aromatic carbocycles. The van der Waals surface area contributed by atoms with Crippen LogP contribution in [0.2, 0.25) is 10.5 Å². The first kappa shape index (κ1) is 26.2. The molecule has 194 valence electrons. The minimum absolute atomic E-state index is 0.132. The maximum absolute atomic E-state index is 14.0. The third-order valence-electron chi connectivity index (χ3n) is 8.34. The Labute approximate surface area is 218 Å². The van der Waals surface area contributed by atoms with E-state index in [2.05, 4.69) is 0 Å². The predicted octanol–water partition coefficient (Wildman–Crippen LogP) is 6.83. The van der Waals surface area contributed by atoms with Crippen LogP contribution in [0.25, 0.3) is 6.08 Å². The summed E-state index contributed by atoms with van der Waals surface area (Å²) in [6, 6.07) is 17.9. The van der Waals surface area contributed by atoms with Crippen LogP contribution in [0.15, 0.2) is 101 Å². The van der Waals surface area contributed by atoms with Crippen molar-refractivity contribution in [2.24, 2.45) is 0 Å². The van der Waals surface area contributed by atoms with Gasteiger partial charge in [0.1, 0.15) is 0 Å². The first-order valence-electron chi connectivity index (χ1n) is 12.4. The van der Waals surface area contributed by atoms with E-state index in [1.807, 2.05) is 65.1 Å². The van der Waals surface area contributed by atoms with Crippen LogP contribution in [-0.4, -0.2) is 19.6 Å². The first-order chi connectivity index (χ1) is 17.8. The Morgan fingerprint density at radius 1 is 0.842 bits per heavy atom. The van der Waals surface area contributed by atoms with Crippen molar-refractivity contribution in [3.8, 4) is 0 Å². The number of rotatable bonds is 6. The molecule has 5 rings (SSSR count). The quantitative estimate of drug-likeness (QED) is 0.307. The first-order valence-corrected chi connectivity index (χ1v) is 22.5. The number of hydrogen-bond acceptors (Lipinski definition) is 4. The number of halogens is 2. The van der Waals surface area contributed by atoms with Crippen LogP contribution < -0.4 is 0 Å². The summed E-state index contributed by atoms with van der Waals surface area (Å²) in [4.78, 5) is 27.9. The van der Waals surface area contributed by atoms with Gasteiger partial charge in [0.2, 0.25) is 0 Å². The zero-order chi connectivity index (χ0) is 27.3. The van der Waals surface area contributed by atoms with E-state index in [0.29, 0.717) is 10.3 Å². The minimum atomic E-state index is -6.64. The SMILES string of the molecule is [CH3][Ti]([CH3])(=[SiH2])([O]C(=O)c1ccc(F)cc1)([O]C(=O)c1ccc(F)cc1)([C]1=CC=CC1)[CH]1C=Cc2ccccc21. The Morgan fingerprint density at radius 2 is 1.37 bits per heavy atom. The van der Waals surface area contributed by atoms with Crippen molar-refractivity contribution < 1.29 is 37.3 Å². The molecule has 0 N–H and O–H groups in total. The van der Waals surface area contributed by atoms with Crippen molar-refractivity contribution in [1.29, 1.82) is 0 Å². The van der Waals surface area contributed by atoms with Gasteiger partial charge in [-0.15, -0.1) is 0 Å². The third-order valence-corrected chi connectivity index (χ3v) is 25.9. The summed E-state index contributed by atoms with van der Waals surface area (Å²) in [5.41, 5.74) is 2.06. The van der Waals surface area contributed by atoms with Gasteiger partial charge < -0.3 is 0 Å². The van der Waals surface area contributed by atoms with E-state index < -0.39 is 40.1 Å². The summed E-state index contributed by atoms with van der Waals surface area (Å²) in [5.74, 6) is -2.43. The molecule has 0 bridgehead atoms. The van der Waals surface area contributed by atoms with Gasteiger partial charge in [0.05, 0.1) is 0 Å². The van der Waals surface area contributed by atoms with E-state index in [1.165, 1.54) is 56.2 Å². The zero-order valence-electron chi connectivity index (χ0n) is 21.2. The molecule has 0 saturated carbocycles. The molecule has 4 nitrogen and oxygen atoms in total. The van der Waals surface area contributed by atoms with Crippen LogP contribution in [0.4, 0.5) is 8.78 Å². The van der Waals surface area contributed by atoms with Crippen molar-refractivity contribution in [2.45, 2.75) is 21.1 Å². The Balaban J connectivity index is 1.81. The third kappa shape index (κ3) is 3.88. The second kappa shape index (κ2) is 7.82. The van der Waals surface area contributed by atoms with E-state index in [0.717, 1.165) is 11.1 Å². The van der Waals surface area contributed by atoms with Gasteiger partial charge in [0, 0.05) is 0 Å². The Bertz CT molecular complexity index is 1660. The molecule has 0 fully saturated rings. The van der Waals surface area contributed by atoms with Crippen molar-refractivity contribution in [3.05, 3.63) is 135 Å². The van der Waals surface area contributed by atoms with Crippen molar-refractivity contribution >= 4 is 25.6 Å². The molecule has 0 saturated heterocycles. The molecule has 3 aromatic rings. The molecule has 1 unspecified atom stereocenters. The molecule has 0 heterocycles. The number of fused-ring (bicyclic) bond motifs is 1. The van der Waals surface area contributed by atoms with E-state index in [9.17, 15) is 18.4 Å². The number of allylic oxidation sites excluding steroid dienone is 5. The topological polar surface area (TPSA) is 52.6 Å². The summed E-state index contributed by atoms with van der Waals surface area (Å²) in [6.07, 6.45) is 9.97. The average Bonchev–Trinajstić information content (AvgIpc) is 3.57. The normalized spacial score (nSPS) is 18.9. The van der Waals surface area contributed by atoms with Gasteiger partial charge in [-0.05, 0) is 0 Å². The maximum atomic E-state index is 14.0. The van der Waals surface area contributed by atoms with Crippen molar-refractivity contribution in [2.75, 3.05) is 0 Å². The number of hydrogen-bond donors (Lipinski definition) is 0. The molecule has 2 aliphatic rings. The van der Waals surface area contributed by atoms with Gasteiger partial charge in [-0.1, -0.05) is 0 Å². The molecule has 38 heavy (non-hydrogen) atoms. The van der Waals surface area contributed by atoms with Gasteiger partial charge >= 0.3 is 219 Å². The van der Waals surface area contributed by atoms with E-state index in [4.69, 9.17) is 6.64 Å². The second-order valence-corrected chi connectivity index (χ2v) is 39.8. The molecule has 0 spiro atoms. The van der Waals surface area contributed by atoms with Gasteiger partial charge in [0.15, 0.2) is 0 Å². The molecular formula is C30H28F2O4SiTi. The average molecular weight is 566 g/mol. The molecule has 0 aromatic heterocycles. The van der Waals surface area contributed by atoms with Gasteiger partial charge in [-0.2, -0.15) is 0 Å². The summed E-state index contributed by atoms with van der Waals surface area (Å²) in [7, 11) is 1.47. The predicted molar refractivity (Wildman–Crippen MR) is 144 cm³/mol. The monoisotopic (exact) mass is 566 g/mol. The van der Waals surface area contributed by atoms with Crippen LogP contribution in [0.5, 0.6) is 0 Å². The van der Waals surface area contributed by atoms with Gasteiger partial charge in [-0.25, -0.2) is 0 Å². The van der Waals surface area contributed by atoms with Crippen LogP contribution in [0.1, 0.15) is 42.5 Å². The fourth-order valence-corrected chi connectivity index (χ4v) is 20.4. The number of carbonyl (C=O) groups is 2. The Morgan fingerprint density at radius 3 is 1.87 bits per heavy atom. The number of benzene rings is 3. The van der Waals surface area contributed by atoms with E-state index >= 15 is 0 Å². The summed E-state index contributed by atoms with van der Waals surface area (Å²) >= 11 is -6.64. The fourth-order valence-electron chi connectivity index (χ4n) is 6.02. The van der Waals surface area contributed by atoms with E-state index in [1.54, 1.807) is 0 Å². The van der Waals surface area contributed by atoms with Crippen LogP contribution in [0, 0.1) is 11.6 Å². The fraction of sp³-hybridized carbons (Fsp3) is 0.133. The molecule has 0 aliphatic heterocycles. The standard InChI is InChI=1S/C9H7.2C7H5FO2.C5H5.2CH3.H2Si.Ti/c1-2-5-9-7-3-6-8(9)4-1;2*8-6-3-1-5(2-4-6)7(9)10;1-2-4-5-3-1;;;;/h1-7H;2*1-4H,(H,9,10);1-3H,4H2;2*1H3;1H2;/q;;;;;;;+2/p-2. The zero-order valence-corrected chi connectivity index (χ0v) is 24.2. The summed E-state index contributed by atoms with van der Waals surface area (Å²) in [5, 5.41) is 3.63. The number of carbonyl (C=O) groups excluding carboxylic acids is 2. The Hall–Kier alpha value is -3.39. The molecule has 1 atom stereocenters. The Kier molecular flexibility index (Phi) is 5.40.